The minimum atomic E-state index is -0.224. The first-order valence-electron chi connectivity index (χ1n) is 6.23. The van der Waals surface area contributed by atoms with Gasteiger partial charge < -0.3 is 9.26 Å². The standard InChI is InChI=1S/C11H16N6O3S/c1-6(10-13-7(2)17-20-10)12-4-8(18)14-11-16-15-9(21-11)5-19-3/h6,12H,4-5H2,1-3H3,(H,14,16,18)/t6-/m1/s1. The van der Waals surface area contributed by atoms with Crippen LogP contribution in [0.3, 0.4) is 0 Å². The van der Waals surface area contributed by atoms with Gasteiger partial charge in [0.15, 0.2) is 5.82 Å². The third-order valence-electron chi connectivity index (χ3n) is 2.46. The molecule has 0 aliphatic rings. The first-order chi connectivity index (χ1) is 10.1. The minimum absolute atomic E-state index is 0.0990. The molecule has 21 heavy (non-hydrogen) atoms. The van der Waals surface area contributed by atoms with E-state index in [0.717, 1.165) is 0 Å². The number of amides is 1. The van der Waals surface area contributed by atoms with Gasteiger partial charge in [0.25, 0.3) is 0 Å². The maximum atomic E-state index is 11.8. The Morgan fingerprint density at radius 2 is 2.29 bits per heavy atom. The fraction of sp³-hybridized carbons (Fsp3) is 0.545. The number of nitrogens with one attached hydrogen (secondary N) is 2. The van der Waals surface area contributed by atoms with Crippen LogP contribution in [0.1, 0.15) is 29.7 Å². The van der Waals surface area contributed by atoms with Crippen LogP contribution in [0.4, 0.5) is 5.13 Å². The number of ether oxygens (including phenoxy) is 1. The molecule has 2 aromatic rings. The number of methoxy groups -OCH3 is 1. The van der Waals surface area contributed by atoms with Crippen molar-refractivity contribution in [2.24, 2.45) is 0 Å². The van der Waals surface area contributed by atoms with Crippen molar-refractivity contribution < 1.29 is 14.1 Å². The van der Waals surface area contributed by atoms with Crippen LogP contribution in [0.25, 0.3) is 0 Å². The van der Waals surface area contributed by atoms with E-state index < -0.39 is 0 Å². The quantitative estimate of drug-likeness (QED) is 0.766. The lowest BCUT2D eigenvalue weighted by Gasteiger charge is -2.08. The monoisotopic (exact) mass is 312 g/mol. The van der Waals surface area contributed by atoms with E-state index in [0.29, 0.717) is 28.5 Å². The summed E-state index contributed by atoms with van der Waals surface area (Å²) in [6.07, 6.45) is 0. The molecule has 2 rings (SSSR count). The molecule has 10 heteroatoms. The number of aryl methyl sites for hydroxylation is 1. The van der Waals surface area contributed by atoms with Gasteiger partial charge in [0.2, 0.25) is 16.9 Å². The van der Waals surface area contributed by atoms with Gasteiger partial charge in [-0.1, -0.05) is 16.5 Å². The van der Waals surface area contributed by atoms with E-state index in [1.54, 1.807) is 14.0 Å². The fourth-order valence-corrected chi connectivity index (χ4v) is 2.20. The zero-order valence-corrected chi connectivity index (χ0v) is 12.7. The molecule has 114 valence electrons. The van der Waals surface area contributed by atoms with Crippen molar-refractivity contribution in [2.45, 2.75) is 26.5 Å². The number of carbonyl (C=O) groups excluding carboxylic acids is 1. The normalized spacial score (nSPS) is 12.3. The number of hydrogen-bond acceptors (Lipinski definition) is 9. The first kappa shape index (κ1) is 15.5. The topological polar surface area (TPSA) is 115 Å². The zero-order valence-electron chi connectivity index (χ0n) is 11.9. The maximum absolute atomic E-state index is 11.8. The summed E-state index contributed by atoms with van der Waals surface area (Å²) in [7, 11) is 1.57. The van der Waals surface area contributed by atoms with E-state index in [1.807, 2.05) is 6.92 Å². The number of aromatic nitrogens is 4. The molecule has 2 N–H and O–H groups in total. The predicted octanol–water partition coefficient (Wildman–Crippen LogP) is 0.665. The number of nitrogens with zero attached hydrogens (tertiary/aromatic N) is 4. The molecule has 0 saturated heterocycles. The van der Waals surface area contributed by atoms with Crippen LogP contribution in [0, 0.1) is 6.92 Å². The Labute approximate surface area is 125 Å². The smallest absolute Gasteiger partial charge is 0.243 e. The van der Waals surface area contributed by atoms with Crippen molar-refractivity contribution in [1.29, 1.82) is 0 Å². The molecule has 1 amide bonds. The molecule has 0 fully saturated rings. The van der Waals surface area contributed by atoms with Crippen LogP contribution in [0.2, 0.25) is 0 Å². The van der Waals surface area contributed by atoms with E-state index in [4.69, 9.17) is 9.26 Å². The second kappa shape index (κ2) is 7.20. The summed E-state index contributed by atoms with van der Waals surface area (Å²) in [6, 6.07) is -0.213. The lowest BCUT2D eigenvalue weighted by atomic mass is 10.3. The van der Waals surface area contributed by atoms with Crippen LogP contribution in [0.15, 0.2) is 4.52 Å². The van der Waals surface area contributed by atoms with E-state index >= 15 is 0 Å². The average Bonchev–Trinajstić information content (AvgIpc) is 3.06. The van der Waals surface area contributed by atoms with Gasteiger partial charge in [-0.3, -0.25) is 15.4 Å². The molecular formula is C11H16N6O3S. The van der Waals surface area contributed by atoms with Crippen molar-refractivity contribution in [3.05, 3.63) is 16.7 Å². The lowest BCUT2D eigenvalue weighted by molar-refractivity contribution is -0.115. The molecule has 0 aliphatic heterocycles. The summed E-state index contributed by atoms with van der Waals surface area (Å²) in [6.45, 7) is 4.04. The largest absolute Gasteiger partial charge is 0.377 e. The summed E-state index contributed by atoms with van der Waals surface area (Å²) in [5.41, 5.74) is 0. The molecule has 0 spiro atoms. The summed E-state index contributed by atoms with van der Waals surface area (Å²) in [4.78, 5) is 15.9. The third-order valence-corrected chi connectivity index (χ3v) is 3.28. The first-order valence-corrected chi connectivity index (χ1v) is 7.05. The van der Waals surface area contributed by atoms with Gasteiger partial charge in [-0.05, 0) is 13.8 Å². The van der Waals surface area contributed by atoms with Crippen LogP contribution in [-0.2, 0) is 16.1 Å². The van der Waals surface area contributed by atoms with Crippen LogP contribution in [-0.4, -0.2) is 39.9 Å². The van der Waals surface area contributed by atoms with E-state index in [9.17, 15) is 4.79 Å². The van der Waals surface area contributed by atoms with Gasteiger partial charge in [-0.25, -0.2) is 0 Å². The fourth-order valence-electron chi connectivity index (χ4n) is 1.47. The number of hydrogen-bond donors (Lipinski definition) is 2. The van der Waals surface area contributed by atoms with Crippen LogP contribution >= 0.6 is 11.3 Å². The second-order valence-corrected chi connectivity index (χ2v) is 5.33. The number of anilines is 1. The van der Waals surface area contributed by atoms with Crippen molar-refractivity contribution >= 4 is 22.4 Å². The lowest BCUT2D eigenvalue weighted by Crippen LogP contribution is -2.30. The van der Waals surface area contributed by atoms with Crippen LogP contribution in [0.5, 0.6) is 0 Å². The molecule has 1 atom stereocenters. The van der Waals surface area contributed by atoms with E-state index in [-0.39, 0.29) is 18.5 Å². The Morgan fingerprint density at radius 1 is 1.48 bits per heavy atom. The predicted molar refractivity (Wildman–Crippen MR) is 74.7 cm³/mol. The van der Waals surface area contributed by atoms with E-state index in [1.165, 1.54) is 11.3 Å². The third kappa shape index (κ3) is 4.55. The maximum Gasteiger partial charge on any atom is 0.243 e. The molecule has 9 nitrogen and oxygen atoms in total. The zero-order chi connectivity index (χ0) is 15.2. The SMILES string of the molecule is COCc1nnc(NC(=O)CN[C@H](C)c2nc(C)no2)s1. The Morgan fingerprint density at radius 3 is 2.95 bits per heavy atom. The van der Waals surface area contributed by atoms with Gasteiger partial charge in [0.1, 0.15) is 11.6 Å². The molecule has 0 bridgehead atoms. The highest BCUT2D eigenvalue weighted by Crippen LogP contribution is 2.15. The summed E-state index contributed by atoms with van der Waals surface area (Å²) >= 11 is 1.27. The molecule has 0 radical (unpaired) electrons. The molecular weight excluding hydrogens is 296 g/mol. The Bertz CT molecular complexity index is 598. The molecule has 0 saturated carbocycles. The highest BCUT2D eigenvalue weighted by Gasteiger charge is 2.14. The Hall–Kier alpha value is -1.91. The number of rotatable bonds is 7. The van der Waals surface area contributed by atoms with Gasteiger partial charge >= 0.3 is 0 Å². The van der Waals surface area contributed by atoms with Crippen molar-refractivity contribution in [3.8, 4) is 0 Å². The molecule has 0 aliphatic carbocycles. The molecule has 0 unspecified atom stereocenters. The van der Waals surface area contributed by atoms with Crippen molar-refractivity contribution in [2.75, 3.05) is 19.0 Å². The summed E-state index contributed by atoms with van der Waals surface area (Å²) in [5, 5.41) is 18.2. The number of carbonyl (C=O) groups is 1. The van der Waals surface area contributed by atoms with E-state index in [2.05, 4.69) is 31.0 Å². The average molecular weight is 312 g/mol. The Balaban J connectivity index is 1.78. The summed E-state index contributed by atoms with van der Waals surface area (Å²) in [5.74, 6) is 0.777. The van der Waals surface area contributed by atoms with Crippen molar-refractivity contribution in [1.82, 2.24) is 25.7 Å². The van der Waals surface area contributed by atoms with Gasteiger partial charge in [-0.2, -0.15) is 4.98 Å². The second-order valence-electron chi connectivity index (χ2n) is 4.26. The van der Waals surface area contributed by atoms with Gasteiger partial charge in [0, 0.05) is 7.11 Å². The van der Waals surface area contributed by atoms with Crippen molar-refractivity contribution in [3.63, 3.8) is 0 Å². The van der Waals surface area contributed by atoms with Gasteiger partial charge in [0.05, 0.1) is 12.6 Å². The molecule has 0 aromatic carbocycles. The molecule has 2 aromatic heterocycles. The highest BCUT2D eigenvalue weighted by molar-refractivity contribution is 7.15. The van der Waals surface area contributed by atoms with Gasteiger partial charge in [-0.15, -0.1) is 10.2 Å². The molecule has 2 heterocycles. The van der Waals surface area contributed by atoms with Crippen LogP contribution < -0.4 is 10.6 Å². The highest BCUT2D eigenvalue weighted by atomic mass is 32.1. The minimum Gasteiger partial charge on any atom is -0.377 e. The summed E-state index contributed by atoms with van der Waals surface area (Å²) < 4.78 is 9.95. The Kier molecular flexibility index (Phi) is 5.31.